The molecule has 0 radical (unpaired) electrons. The van der Waals surface area contributed by atoms with Crippen molar-refractivity contribution >= 4 is 23.1 Å². The van der Waals surface area contributed by atoms with Crippen molar-refractivity contribution in [2.75, 3.05) is 4.90 Å². The molecule has 272 valence electrons. The molecular weight excluding hydrogens is 663 g/mol. The monoisotopic (exact) mass is 711 g/mol. The summed E-state index contributed by atoms with van der Waals surface area (Å²) in [7, 11) is 0. The zero-order chi connectivity index (χ0) is 37.8. The van der Waals surface area contributed by atoms with Crippen molar-refractivity contribution in [2.45, 2.75) is 84.3 Å². The van der Waals surface area contributed by atoms with E-state index in [0.29, 0.717) is 5.90 Å². The Labute approximate surface area is 320 Å². The van der Waals surface area contributed by atoms with Gasteiger partial charge in [-0.15, -0.1) is 0 Å². The second-order valence-corrected chi connectivity index (χ2v) is 16.6. The number of anilines is 3. The van der Waals surface area contributed by atoms with Gasteiger partial charge in [-0.2, -0.15) is 0 Å². The van der Waals surface area contributed by atoms with Crippen LogP contribution in [0.2, 0.25) is 0 Å². The first-order chi connectivity index (χ1) is 25.9. The van der Waals surface area contributed by atoms with Crippen LogP contribution in [0.1, 0.15) is 111 Å². The Balaban J connectivity index is 1.19. The summed E-state index contributed by atoms with van der Waals surface area (Å²) >= 11 is 0. The molecule has 2 atom stereocenters. The SMILES string of the molecule is Cc1cc(Oc2cc(C3=N[C@H](c4ccccc4)[C@@H](c4ccccc4)O3)cc(C(C)C)c2)cc(N2c3ccc(C(C)(C)C)cc3C(C)(C)c3cccnc32)c1. The van der Waals surface area contributed by atoms with Gasteiger partial charge in [0, 0.05) is 28.8 Å². The Morgan fingerprint density at radius 3 is 2.15 bits per heavy atom. The van der Waals surface area contributed by atoms with Crippen LogP contribution in [0.3, 0.4) is 0 Å². The quantitative estimate of drug-likeness (QED) is 0.165. The van der Waals surface area contributed by atoms with Gasteiger partial charge in [0.05, 0.1) is 11.4 Å². The van der Waals surface area contributed by atoms with Crippen LogP contribution in [0, 0.1) is 6.92 Å². The number of aliphatic imine (C=N–C) groups is 1. The van der Waals surface area contributed by atoms with Crippen LogP contribution >= 0.6 is 0 Å². The Kier molecular flexibility index (Phi) is 8.92. The van der Waals surface area contributed by atoms with E-state index in [9.17, 15) is 0 Å². The molecule has 0 spiro atoms. The molecule has 6 aromatic rings. The molecular formula is C49H49N3O2. The summed E-state index contributed by atoms with van der Waals surface area (Å²) in [6.45, 7) is 18.0. The maximum absolute atomic E-state index is 6.83. The third kappa shape index (κ3) is 6.57. The minimum absolute atomic E-state index is 0.0267. The number of fused-ring (bicyclic) bond motifs is 2. The van der Waals surface area contributed by atoms with E-state index in [1.165, 1.54) is 16.7 Å². The van der Waals surface area contributed by atoms with Crippen molar-refractivity contribution in [1.82, 2.24) is 4.98 Å². The van der Waals surface area contributed by atoms with Gasteiger partial charge in [-0.1, -0.05) is 127 Å². The Morgan fingerprint density at radius 2 is 1.44 bits per heavy atom. The van der Waals surface area contributed by atoms with Crippen molar-refractivity contribution in [3.63, 3.8) is 0 Å². The number of hydrogen-bond acceptors (Lipinski definition) is 5. The number of nitrogens with zero attached hydrogens (tertiary/aromatic N) is 3. The number of rotatable bonds is 7. The van der Waals surface area contributed by atoms with Crippen LogP contribution < -0.4 is 9.64 Å². The fraction of sp³-hybridized carbons (Fsp3) is 0.265. The fourth-order valence-corrected chi connectivity index (χ4v) is 7.82. The van der Waals surface area contributed by atoms with Crippen LogP contribution in [-0.4, -0.2) is 10.9 Å². The third-order valence-electron chi connectivity index (χ3n) is 10.9. The molecule has 2 aliphatic rings. The van der Waals surface area contributed by atoms with Crippen LogP contribution in [0.25, 0.3) is 0 Å². The average molecular weight is 712 g/mol. The van der Waals surface area contributed by atoms with E-state index in [1.54, 1.807) is 0 Å². The van der Waals surface area contributed by atoms with E-state index < -0.39 is 0 Å². The second-order valence-electron chi connectivity index (χ2n) is 16.6. The van der Waals surface area contributed by atoms with Gasteiger partial charge in [-0.3, -0.25) is 4.90 Å². The van der Waals surface area contributed by atoms with Gasteiger partial charge in [0.2, 0.25) is 5.90 Å². The first-order valence-electron chi connectivity index (χ1n) is 19.1. The van der Waals surface area contributed by atoms with E-state index in [1.807, 2.05) is 24.4 Å². The zero-order valence-corrected chi connectivity index (χ0v) is 32.6. The highest BCUT2D eigenvalue weighted by Crippen LogP contribution is 2.52. The Hall–Kier alpha value is -5.68. The maximum atomic E-state index is 6.83. The number of ether oxygens (including phenoxy) is 2. The second kappa shape index (κ2) is 13.6. The minimum Gasteiger partial charge on any atom is -0.467 e. The van der Waals surface area contributed by atoms with Crippen molar-refractivity contribution in [3.05, 3.63) is 178 Å². The molecule has 5 aromatic carbocycles. The molecule has 0 saturated carbocycles. The molecule has 54 heavy (non-hydrogen) atoms. The van der Waals surface area contributed by atoms with E-state index in [-0.39, 0.29) is 28.9 Å². The fourth-order valence-electron chi connectivity index (χ4n) is 7.82. The van der Waals surface area contributed by atoms with Crippen LogP contribution in [0.4, 0.5) is 17.2 Å². The van der Waals surface area contributed by atoms with Crippen molar-refractivity contribution in [3.8, 4) is 11.5 Å². The van der Waals surface area contributed by atoms with Crippen molar-refractivity contribution < 1.29 is 9.47 Å². The maximum Gasteiger partial charge on any atom is 0.217 e. The van der Waals surface area contributed by atoms with E-state index >= 15 is 0 Å². The average Bonchev–Trinajstić information content (AvgIpc) is 3.61. The summed E-state index contributed by atoms with van der Waals surface area (Å²) in [5.74, 6) is 3.33. The van der Waals surface area contributed by atoms with Crippen LogP contribution in [0.15, 0.2) is 139 Å². The highest BCUT2D eigenvalue weighted by atomic mass is 16.5. The summed E-state index contributed by atoms with van der Waals surface area (Å²) in [6.07, 6.45) is 1.66. The van der Waals surface area contributed by atoms with Crippen LogP contribution in [-0.2, 0) is 15.6 Å². The van der Waals surface area contributed by atoms with Gasteiger partial charge in [0.15, 0.2) is 6.10 Å². The molecule has 0 bridgehead atoms. The molecule has 0 N–H and O–H groups in total. The Morgan fingerprint density at radius 1 is 0.741 bits per heavy atom. The highest BCUT2D eigenvalue weighted by Gasteiger charge is 2.39. The van der Waals surface area contributed by atoms with E-state index in [2.05, 4.69) is 169 Å². The molecule has 2 aliphatic heterocycles. The summed E-state index contributed by atoms with van der Waals surface area (Å²) in [6, 6.07) is 44.7. The number of benzene rings is 5. The van der Waals surface area contributed by atoms with E-state index in [0.717, 1.165) is 56.5 Å². The van der Waals surface area contributed by atoms with Gasteiger partial charge in [0.25, 0.3) is 0 Å². The lowest BCUT2D eigenvalue weighted by Gasteiger charge is -2.41. The first kappa shape index (κ1) is 35.4. The third-order valence-corrected chi connectivity index (χ3v) is 10.9. The van der Waals surface area contributed by atoms with Gasteiger partial charge in [0.1, 0.15) is 23.4 Å². The number of aryl methyl sites for hydroxylation is 1. The lowest BCUT2D eigenvalue weighted by molar-refractivity contribution is 0.197. The zero-order valence-electron chi connectivity index (χ0n) is 32.6. The predicted octanol–water partition coefficient (Wildman–Crippen LogP) is 13.0. The molecule has 8 rings (SSSR count). The van der Waals surface area contributed by atoms with Crippen LogP contribution in [0.5, 0.6) is 11.5 Å². The van der Waals surface area contributed by atoms with Crippen molar-refractivity contribution in [1.29, 1.82) is 0 Å². The highest BCUT2D eigenvalue weighted by molar-refractivity contribution is 5.96. The summed E-state index contributed by atoms with van der Waals surface area (Å²) < 4.78 is 13.6. The smallest absolute Gasteiger partial charge is 0.217 e. The van der Waals surface area contributed by atoms with E-state index in [4.69, 9.17) is 19.5 Å². The molecule has 1 aromatic heterocycles. The van der Waals surface area contributed by atoms with Gasteiger partial charge in [-0.05, 0) is 94.1 Å². The molecule has 0 saturated heterocycles. The molecule has 0 unspecified atom stereocenters. The van der Waals surface area contributed by atoms with Gasteiger partial charge in [-0.25, -0.2) is 9.98 Å². The number of pyridine rings is 1. The Bertz CT molecular complexity index is 2360. The molecule has 5 nitrogen and oxygen atoms in total. The molecule has 0 aliphatic carbocycles. The predicted molar refractivity (Wildman–Crippen MR) is 221 cm³/mol. The standard InChI is InChI=1S/C49H49N3O2/c1-31(2)35-26-36(47-51-44(33-16-11-9-12-17-33)45(54-47)34-18-13-10-14-19-34)28-40(27-35)53-39-25-32(3)24-38(30-39)52-43-22-21-37(48(4,5)6)29-42(43)49(7,8)41-20-15-23-50-46(41)52/h9-31,44-45H,1-8H3/t44-,45-/m1/s1. The molecule has 3 heterocycles. The van der Waals surface area contributed by atoms with Gasteiger partial charge >= 0.3 is 0 Å². The van der Waals surface area contributed by atoms with Gasteiger partial charge < -0.3 is 9.47 Å². The van der Waals surface area contributed by atoms with Crippen molar-refractivity contribution in [2.24, 2.45) is 4.99 Å². The summed E-state index contributed by atoms with van der Waals surface area (Å²) in [5.41, 5.74) is 11.1. The molecule has 5 heteroatoms. The summed E-state index contributed by atoms with van der Waals surface area (Å²) in [5, 5.41) is 0. The summed E-state index contributed by atoms with van der Waals surface area (Å²) in [4.78, 5) is 12.5. The lowest BCUT2D eigenvalue weighted by Crippen LogP contribution is -2.32. The normalized spacial score (nSPS) is 17.4. The number of hydrogen-bond donors (Lipinski definition) is 0. The largest absolute Gasteiger partial charge is 0.467 e. The molecule has 0 fully saturated rings. The molecule has 0 amide bonds. The topological polar surface area (TPSA) is 47.0 Å². The lowest BCUT2D eigenvalue weighted by atomic mass is 9.72. The minimum atomic E-state index is -0.233. The number of aromatic nitrogens is 1. The first-order valence-corrected chi connectivity index (χ1v) is 19.1.